The number of allylic oxidation sites excluding steroid dienone is 2. The first-order valence-electron chi connectivity index (χ1n) is 20.2. The number of carboxylic acid groups (broad SMARTS) is 2. The van der Waals surface area contributed by atoms with E-state index in [1.54, 1.807) is 30.3 Å². The van der Waals surface area contributed by atoms with Gasteiger partial charge in [-0.25, -0.2) is 9.59 Å². The van der Waals surface area contributed by atoms with Crippen LogP contribution in [0.4, 0.5) is 0 Å². The second-order valence-corrected chi connectivity index (χ2v) is 16.5. The van der Waals surface area contributed by atoms with Crippen LogP contribution in [0.15, 0.2) is 95.6 Å². The zero-order valence-corrected chi connectivity index (χ0v) is 35.9. The molecule has 5 aromatic carbocycles. The normalized spacial score (nSPS) is 14.5. The predicted octanol–water partition coefficient (Wildman–Crippen LogP) is 9.51. The molecular formula is C51H54O10. The second kappa shape index (κ2) is 18.0. The number of aliphatic hydroxyl groups excluding tert-OH is 1. The van der Waals surface area contributed by atoms with Crippen LogP contribution in [-0.2, 0) is 16.0 Å². The van der Waals surface area contributed by atoms with Gasteiger partial charge < -0.3 is 40.1 Å². The molecule has 0 aromatic heterocycles. The molecule has 5 aromatic rings. The highest BCUT2D eigenvalue weighted by atomic mass is 16.5. The van der Waals surface area contributed by atoms with E-state index >= 15 is 0 Å². The highest BCUT2D eigenvalue weighted by Gasteiger charge is 2.30. The maximum absolute atomic E-state index is 11.8. The number of hydrogen-bond acceptors (Lipinski definition) is 8. The molecule has 1 unspecified atom stereocenters. The summed E-state index contributed by atoms with van der Waals surface area (Å²) in [5.74, 6) is -2.00. The number of ether oxygens (including phenoxy) is 2. The van der Waals surface area contributed by atoms with Crippen LogP contribution in [0.5, 0.6) is 28.7 Å². The number of hydrogen-bond donors (Lipinski definition) is 6. The molecule has 10 heteroatoms. The van der Waals surface area contributed by atoms with E-state index in [1.165, 1.54) is 0 Å². The fourth-order valence-electron chi connectivity index (χ4n) is 8.42. The van der Waals surface area contributed by atoms with Crippen molar-refractivity contribution in [1.29, 1.82) is 0 Å². The first kappa shape index (κ1) is 44.0. The van der Waals surface area contributed by atoms with Gasteiger partial charge in [0.15, 0.2) is 13.2 Å². The van der Waals surface area contributed by atoms with Crippen LogP contribution in [0, 0.1) is 41.5 Å². The first-order valence-corrected chi connectivity index (χ1v) is 20.2. The number of aliphatic hydroxyl groups is 1. The topological polar surface area (TPSA) is 174 Å². The van der Waals surface area contributed by atoms with Crippen molar-refractivity contribution >= 4 is 11.9 Å². The number of aromatic hydroxyl groups is 3. The fourth-order valence-corrected chi connectivity index (χ4v) is 8.42. The Kier molecular flexibility index (Phi) is 13.0. The molecule has 0 amide bonds. The van der Waals surface area contributed by atoms with Crippen molar-refractivity contribution in [3.63, 3.8) is 0 Å². The molecule has 0 fully saturated rings. The zero-order chi connectivity index (χ0) is 44.4. The van der Waals surface area contributed by atoms with E-state index in [-0.39, 0.29) is 17.2 Å². The van der Waals surface area contributed by atoms with Crippen molar-refractivity contribution in [3.8, 4) is 28.7 Å². The Morgan fingerprint density at radius 3 is 1.36 bits per heavy atom. The molecule has 2 atom stereocenters. The minimum absolute atomic E-state index is 0.151. The lowest BCUT2D eigenvalue weighted by molar-refractivity contribution is -0.140. The monoisotopic (exact) mass is 826 g/mol. The summed E-state index contributed by atoms with van der Waals surface area (Å²) in [7, 11) is 0. The van der Waals surface area contributed by atoms with Gasteiger partial charge in [-0.1, -0.05) is 54.1 Å². The summed E-state index contributed by atoms with van der Waals surface area (Å²) in [6.45, 7) is 14.0. The summed E-state index contributed by atoms with van der Waals surface area (Å²) < 4.78 is 12.0. The molecule has 0 saturated carbocycles. The third-order valence-corrected chi connectivity index (χ3v) is 11.8. The molecule has 6 N–H and O–H groups in total. The molecule has 61 heavy (non-hydrogen) atoms. The van der Waals surface area contributed by atoms with Crippen molar-refractivity contribution in [2.75, 3.05) is 13.2 Å². The smallest absolute Gasteiger partial charge is 0.341 e. The molecule has 0 bridgehead atoms. The van der Waals surface area contributed by atoms with Gasteiger partial charge in [0.1, 0.15) is 28.7 Å². The summed E-state index contributed by atoms with van der Waals surface area (Å²) in [5, 5.41) is 62.2. The third-order valence-electron chi connectivity index (χ3n) is 11.8. The molecule has 10 nitrogen and oxygen atoms in total. The van der Waals surface area contributed by atoms with Crippen LogP contribution in [0.2, 0.25) is 0 Å². The molecule has 1 aliphatic rings. The van der Waals surface area contributed by atoms with Gasteiger partial charge in [-0.05, 0) is 171 Å². The summed E-state index contributed by atoms with van der Waals surface area (Å²) in [5.41, 5.74) is 12.9. The van der Waals surface area contributed by atoms with Crippen molar-refractivity contribution in [3.05, 3.63) is 168 Å². The van der Waals surface area contributed by atoms with E-state index in [0.29, 0.717) is 52.2 Å². The number of rotatable bonds is 14. The molecular weight excluding hydrogens is 773 g/mol. The molecule has 6 rings (SSSR count). The van der Waals surface area contributed by atoms with E-state index in [2.05, 4.69) is 0 Å². The number of aliphatic carboxylic acids is 2. The summed E-state index contributed by atoms with van der Waals surface area (Å²) in [6, 6.07) is 22.3. The summed E-state index contributed by atoms with van der Waals surface area (Å²) >= 11 is 0. The quantitative estimate of drug-likeness (QED) is 0.0592. The maximum atomic E-state index is 11.8. The molecule has 0 aliphatic heterocycles. The number of carboxylic acids is 2. The minimum atomic E-state index is -1.13. The average Bonchev–Trinajstić information content (AvgIpc) is 3.19. The third kappa shape index (κ3) is 9.60. The fraction of sp³-hybridized carbons (Fsp3) is 0.294. The standard InChI is InChI=1S/C51H54O10/c1-26-17-42(52)30(5)13-36(26)50(37-14-31(6)43(53)18-27(37)2)40-22-34(9-11-46(40)60-24-48(56)57)21-35-10-12-47(61-25-49(58)59)41(23-35)51(38-15-32(7)44(54)19-28(38)3)39-16-33(8)45(55)20-29(39)4/h9-19,22-23,45,50-55H,20-21,24-25H2,1-8H3,(H,56,57)(H,58,59)/t45-,51?/m0/s1. The summed E-state index contributed by atoms with van der Waals surface area (Å²) in [4.78, 5) is 23.7. The van der Waals surface area contributed by atoms with Crippen LogP contribution >= 0.6 is 0 Å². The Morgan fingerprint density at radius 1 is 0.557 bits per heavy atom. The lowest BCUT2D eigenvalue weighted by Crippen LogP contribution is -2.19. The van der Waals surface area contributed by atoms with Crippen LogP contribution in [0.3, 0.4) is 0 Å². The lowest BCUT2D eigenvalue weighted by atomic mass is 9.76. The van der Waals surface area contributed by atoms with Crippen LogP contribution in [-0.4, -0.2) is 61.9 Å². The van der Waals surface area contributed by atoms with E-state index in [0.717, 1.165) is 61.2 Å². The van der Waals surface area contributed by atoms with Crippen molar-refractivity contribution in [2.45, 2.75) is 86.2 Å². The van der Waals surface area contributed by atoms with Gasteiger partial charge in [0, 0.05) is 23.0 Å². The molecule has 1 aliphatic carbocycles. The van der Waals surface area contributed by atoms with Gasteiger partial charge in [0.25, 0.3) is 0 Å². The van der Waals surface area contributed by atoms with Gasteiger partial charge in [0.05, 0.1) is 6.10 Å². The Labute approximate surface area is 356 Å². The number of phenolic OH excluding ortho intramolecular Hbond substituents is 3. The van der Waals surface area contributed by atoms with Gasteiger partial charge in [-0.3, -0.25) is 0 Å². The van der Waals surface area contributed by atoms with Gasteiger partial charge >= 0.3 is 11.9 Å². The first-order chi connectivity index (χ1) is 28.8. The Bertz CT molecular complexity index is 2540. The average molecular weight is 827 g/mol. The van der Waals surface area contributed by atoms with Crippen molar-refractivity contribution < 1.29 is 49.7 Å². The van der Waals surface area contributed by atoms with Crippen molar-refractivity contribution in [2.24, 2.45) is 0 Å². The van der Waals surface area contributed by atoms with Crippen molar-refractivity contribution in [1.82, 2.24) is 0 Å². The highest BCUT2D eigenvalue weighted by Crippen LogP contribution is 2.46. The number of benzene rings is 5. The number of aryl methyl sites for hydroxylation is 6. The van der Waals surface area contributed by atoms with E-state index in [9.17, 15) is 40.2 Å². The minimum Gasteiger partial charge on any atom is -0.508 e. The second-order valence-electron chi connectivity index (χ2n) is 16.5. The maximum Gasteiger partial charge on any atom is 0.341 e. The molecule has 0 saturated heterocycles. The van der Waals surface area contributed by atoms with Gasteiger partial charge in [0.2, 0.25) is 0 Å². The molecule has 0 spiro atoms. The predicted molar refractivity (Wildman–Crippen MR) is 235 cm³/mol. The van der Waals surface area contributed by atoms with Crippen LogP contribution in [0.1, 0.15) is 104 Å². The van der Waals surface area contributed by atoms with E-state index in [1.807, 2.05) is 104 Å². The largest absolute Gasteiger partial charge is 0.508 e. The Balaban J connectivity index is 1.57. The van der Waals surface area contributed by atoms with E-state index < -0.39 is 43.1 Å². The van der Waals surface area contributed by atoms with Crippen LogP contribution < -0.4 is 9.47 Å². The zero-order valence-electron chi connectivity index (χ0n) is 35.9. The molecule has 0 radical (unpaired) electrons. The Hall–Kier alpha value is -6.52. The molecule has 0 heterocycles. The molecule has 318 valence electrons. The van der Waals surface area contributed by atoms with Gasteiger partial charge in [-0.15, -0.1) is 0 Å². The Morgan fingerprint density at radius 2 is 0.951 bits per heavy atom. The lowest BCUT2D eigenvalue weighted by Gasteiger charge is -2.30. The van der Waals surface area contributed by atoms with Crippen LogP contribution in [0.25, 0.3) is 0 Å². The highest BCUT2D eigenvalue weighted by molar-refractivity contribution is 5.69. The number of phenols is 3. The number of carbonyl (C=O) groups is 2. The van der Waals surface area contributed by atoms with Gasteiger partial charge in [-0.2, -0.15) is 0 Å². The SMILES string of the molecule is CC1=CC(C(c2cc(C)c(O)cc2C)c2cc(Cc3ccc(OCC(=O)O)c(C(c4cc(C)c(O)cc4C)c4cc(C)c(O)cc4C)c3)ccc2OCC(=O)O)=C(C)C[C@@H]1O. The van der Waals surface area contributed by atoms with E-state index in [4.69, 9.17) is 9.47 Å². The summed E-state index contributed by atoms with van der Waals surface area (Å²) in [6.07, 6.45) is 2.18.